The number of hydrogen-bond acceptors (Lipinski definition) is 3. The van der Waals surface area contributed by atoms with Crippen LogP contribution in [0.1, 0.15) is 37.6 Å². The van der Waals surface area contributed by atoms with Crippen LogP contribution in [-0.4, -0.2) is 48.1 Å². The number of carbonyl (C=O) groups excluding carboxylic acids is 1. The minimum atomic E-state index is 0.0960. The summed E-state index contributed by atoms with van der Waals surface area (Å²) in [5, 5.41) is 5.35. The van der Waals surface area contributed by atoms with Crippen LogP contribution >= 0.6 is 11.3 Å². The fraction of sp³-hybridized carbons (Fsp3) is 0.611. The number of amides is 2. The summed E-state index contributed by atoms with van der Waals surface area (Å²) in [4.78, 5) is 18.4. The van der Waals surface area contributed by atoms with E-state index in [0.717, 1.165) is 39.0 Å². The maximum absolute atomic E-state index is 12.7. The van der Waals surface area contributed by atoms with E-state index in [1.54, 1.807) is 11.3 Å². The van der Waals surface area contributed by atoms with Gasteiger partial charge in [0.2, 0.25) is 0 Å². The highest BCUT2D eigenvalue weighted by Crippen LogP contribution is 2.26. The number of nitrogens with one attached hydrogen (secondary N) is 1. The number of hydrogen-bond donors (Lipinski definition) is 1. The molecule has 23 heavy (non-hydrogen) atoms. The molecule has 0 spiro atoms. The van der Waals surface area contributed by atoms with Gasteiger partial charge in [-0.05, 0) is 30.2 Å². The second-order valence-electron chi connectivity index (χ2n) is 6.96. The molecule has 1 aromatic heterocycles. The maximum Gasteiger partial charge on any atom is 0.317 e. The molecule has 0 radical (unpaired) electrons. The monoisotopic (exact) mass is 333 g/mol. The summed E-state index contributed by atoms with van der Waals surface area (Å²) in [6.45, 7) is 8.20. The molecule has 0 aromatic carbocycles. The Morgan fingerprint density at radius 2 is 2.17 bits per heavy atom. The molecule has 3 heterocycles. The first-order valence-electron chi connectivity index (χ1n) is 8.61. The van der Waals surface area contributed by atoms with Gasteiger partial charge in [0, 0.05) is 37.1 Å². The molecule has 4 nitrogen and oxygen atoms in total. The molecule has 1 fully saturated rings. The van der Waals surface area contributed by atoms with Gasteiger partial charge in [-0.2, -0.15) is 0 Å². The van der Waals surface area contributed by atoms with Crippen molar-refractivity contribution < 1.29 is 4.79 Å². The zero-order chi connectivity index (χ0) is 16.2. The summed E-state index contributed by atoms with van der Waals surface area (Å²) in [6.07, 6.45) is 6.51. The lowest BCUT2D eigenvalue weighted by Crippen LogP contribution is -2.43. The van der Waals surface area contributed by atoms with Crippen molar-refractivity contribution in [2.75, 3.05) is 26.2 Å². The summed E-state index contributed by atoms with van der Waals surface area (Å²) in [7, 11) is 0. The number of likely N-dealkylation sites (tertiary alicyclic amines) is 1. The first kappa shape index (κ1) is 16.5. The third kappa shape index (κ3) is 4.15. The van der Waals surface area contributed by atoms with Crippen LogP contribution in [0.4, 0.5) is 4.79 Å². The van der Waals surface area contributed by atoms with Crippen LogP contribution in [0.5, 0.6) is 0 Å². The van der Waals surface area contributed by atoms with Gasteiger partial charge in [0.15, 0.2) is 0 Å². The molecule has 2 amide bonds. The Kier molecular flexibility index (Phi) is 5.38. The van der Waals surface area contributed by atoms with Crippen molar-refractivity contribution >= 4 is 17.4 Å². The van der Waals surface area contributed by atoms with Gasteiger partial charge < -0.3 is 10.2 Å². The molecule has 126 valence electrons. The summed E-state index contributed by atoms with van der Waals surface area (Å²) in [5.41, 5.74) is 0. The van der Waals surface area contributed by atoms with Crippen LogP contribution in [0, 0.1) is 5.92 Å². The molecule has 0 unspecified atom stereocenters. The highest BCUT2D eigenvalue weighted by atomic mass is 32.1. The van der Waals surface area contributed by atoms with Crippen molar-refractivity contribution in [1.29, 1.82) is 0 Å². The summed E-state index contributed by atoms with van der Waals surface area (Å²) < 4.78 is 0. The molecule has 3 rings (SSSR count). The molecule has 0 aliphatic carbocycles. The Hall–Kier alpha value is -1.33. The molecule has 2 aliphatic heterocycles. The Labute approximate surface area is 143 Å². The van der Waals surface area contributed by atoms with E-state index < -0.39 is 0 Å². The number of urea groups is 1. The molecule has 0 bridgehead atoms. The summed E-state index contributed by atoms with van der Waals surface area (Å²) in [6, 6.07) is 4.93. The van der Waals surface area contributed by atoms with E-state index in [-0.39, 0.29) is 12.1 Å². The highest BCUT2D eigenvalue weighted by molar-refractivity contribution is 7.10. The van der Waals surface area contributed by atoms with E-state index in [4.69, 9.17) is 0 Å². The largest absolute Gasteiger partial charge is 0.330 e. The van der Waals surface area contributed by atoms with Gasteiger partial charge in [-0.25, -0.2) is 4.79 Å². The first-order valence-corrected chi connectivity index (χ1v) is 9.49. The van der Waals surface area contributed by atoms with Gasteiger partial charge >= 0.3 is 6.03 Å². The topological polar surface area (TPSA) is 35.6 Å². The Morgan fingerprint density at radius 3 is 2.83 bits per heavy atom. The molecule has 2 aliphatic rings. The molecular formula is C18H27N3OS. The van der Waals surface area contributed by atoms with Crippen molar-refractivity contribution in [3.63, 3.8) is 0 Å². The van der Waals surface area contributed by atoms with E-state index in [1.807, 2.05) is 4.90 Å². The van der Waals surface area contributed by atoms with Crippen LogP contribution in [0.25, 0.3) is 0 Å². The number of nitrogens with zero attached hydrogens (tertiary/aromatic N) is 2. The Bertz CT molecular complexity index is 532. The standard InChI is InChI=1S/C18H27N3OS/c1-14(2)12-16(17-6-5-11-23-17)19-18(22)21-10-7-15(13-21)20-8-3-4-9-20/h3-6,11,14-16H,7-10,12-13H2,1-2H3,(H,19,22)/t15-,16+/m0/s1. The lowest BCUT2D eigenvalue weighted by atomic mass is 10.0. The van der Waals surface area contributed by atoms with E-state index in [2.05, 4.69) is 53.7 Å². The number of carbonyl (C=O) groups is 1. The number of rotatable bonds is 5. The second-order valence-corrected chi connectivity index (χ2v) is 7.94. The molecule has 5 heteroatoms. The van der Waals surface area contributed by atoms with Crippen molar-refractivity contribution in [3.05, 3.63) is 34.5 Å². The van der Waals surface area contributed by atoms with Gasteiger partial charge in [0.25, 0.3) is 0 Å². The Balaban J connectivity index is 1.56. The zero-order valence-corrected chi connectivity index (χ0v) is 14.9. The zero-order valence-electron chi connectivity index (χ0n) is 14.1. The lowest BCUT2D eigenvalue weighted by molar-refractivity contribution is 0.195. The van der Waals surface area contributed by atoms with Crippen LogP contribution in [0.3, 0.4) is 0 Å². The first-order chi connectivity index (χ1) is 11.1. The molecule has 1 N–H and O–H groups in total. The van der Waals surface area contributed by atoms with Crippen molar-refractivity contribution in [2.45, 2.75) is 38.8 Å². The Morgan fingerprint density at radius 1 is 1.39 bits per heavy atom. The van der Waals surface area contributed by atoms with E-state index >= 15 is 0 Å². The molecule has 0 saturated carbocycles. The van der Waals surface area contributed by atoms with Crippen molar-refractivity contribution in [2.24, 2.45) is 5.92 Å². The fourth-order valence-electron chi connectivity index (χ4n) is 3.46. The second kappa shape index (κ2) is 7.49. The van der Waals surface area contributed by atoms with E-state index in [1.165, 1.54) is 4.88 Å². The van der Waals surface area contributed by atoms with E-state index in [9.17, 15) is 4.79 Å². The third-order valence-electron chi connectivity index (χ3n) is 4.70. The number of thiophene rings is 1. The quantitative estimate of drug-likeness (QED) is 0.837. The molecule has 2 atom stereocenters. The molecule has 1 aromatic rings. The summed E-state index contributed by atoms with van der Waals surface area (Å²) in [5.74, 6) is 0.560. The van der Waals surface area contributed by atoms with Crippen LogP contribution in [0.15, 0.2) is 29.7 Å². The third-order valence-corrected chi connectivity index (χ3v) is 5.69. The summed E-state index contributed by atoms with van der Waals surface area (Å²) >= 11 is 1.73. The van der Waals surface area contributed by atoms with Crippen LogP contribution in [-0.2, 0) is 0 Å². The van der Waals surface area contributed by atoms with Gasteiger partial charge in [0.1, 0.15) is 0 Å². The van der Waals surface area contributed by atoms with Crippen LogP contribution in [0.2, 0.25) is 0 Å². The van der Waals surface area contributed by atoms with Crippen molar-refractivity contribution in [1.82, 2.24) is 15.1 Å². The maximum atomic E-state index is 12.7. The van der Waals surface area contributed by atoms with Crippen molar-refractivity contribution in [3.8, 4) is 0 Å². The van der Waals surface area contributed by atoms with Gasteiger partial charge in [-0.1, -0.05) is 32.1 Å². The lowest BCUT2D eigenvalue weighted by Gasteiger charge is -2.26. The predicted octanol–water partition coefficient (Wildman–Crippen LogP) is 3.49. The normalized spacial score (nSPS) is 22.9. The minimum absolute atomic E-state index is 0.0960. The van der Waals surface area contributed by atoms with Gasteiger partial charge in [-0.3, -0.25) is 4.90 Å². The average Bonchev–Trinajstić information content (AvgIpc) is 3.25. The SMILES string of the molecule is CC(C)C[C@@H](NC(=O)N1CC[C@H](N2CC=CC2)C1)c1cccs1. The van der Waals surface area contributed by atoms with Crippen LogP contribution < -0.4 is 5.32 Å². The average molecular weight is 334 g/mol. The highest BCUT2D eigenvalue weighted by Gasteiger charge is 2.31. The van der Waals surface area contributed by atoms with E-state index in [0.29, 0.717) is 12.0 Å². The van der Waals surface area contributed by atoms with Gasteiger partial charge in [0.05, 0.1) is 6.04 Å². The smallest absolute Gasteiger partial charge is 0.317 e. The minimum Gasteiger partial charge on any atom is -0.330 e. The van der Waals surface area contributed by atoms with Gasteiger partial charge in [-0.15, -0.1) is 11.3 Å². The molecular weight excluding hydrogens is 306 g/mol. The fourth-order valence-corrected chi connectivity index (χ4v) is 4.26. The predicted molar refractivity (Wildman–Crippen MR) is 95.7 cm³/mol. The molecule has 1 saturated heterocycles.